The number of rotatable bonds is 3. The number of methoxy groups -OCH3 is 1. The maximum atomic E-state index is 13.6. The van der Waals surface area contributed by atoms with Gasteiger partial charge in [-0.3, -0.25) is 14.5 Å². The van der Waals surface area contributed by atoms with E-state index in [0.29, 0.717) is 5.69 Å². The van der Waals surface area contributed by atoms with Crippen LogP contribution < -0.4 is 9.64 Å². The topological polar surface area (TPSA) is 68.2 Å². The lowest BCUT2D eigenvalue weighted by atomic mass is 9.71. The average Bonchev–Trinajstić information content (AvgIpc) is 3.59. The number of carbonyl (C=O) groups excluding carboxylic acids is 2. The van der Waals surface area contributed by atoms with Gasteiger partial charge < -0.3 is 9.57 Å². The Labute approximate surface area is 190 Å². The maximum absolute atomic E-state index is 13.6. The summed E-state index contributed by atoms with van der Waals surface area (Å²) in [6.07, 6.45) is 0.699. The Hall–Kier alpha value is -3.67. The van der Waals surface area contributed by atoms with E-state index in [4.69, 9.17) is 9.57 Å². The smallest absolute Gasteiger partial charge is 0.238 e. The lowest BCUT2D eigenvalue weighted by Crippen LogP contribution is -2.41. The van der Waals surface area contributed by atoms with Gasteiger partial charge in [-0.2, -0.15) is 0 Å². The molecule has 6 nitrogen and oxygen atoms in total. The minimum Gasteiger partial charge on any atom is -0.497 e. The number of amides is 2. The van der Waals surface area contributed by atoms with Crippen LogP contribution >= 0.6 is 0 Å². The van der Waals surface area contributed by atoms with Gasteiger partial charge in [-0.15, -0.1) is 0 Å². The molecule has 4 aliphatic rings. The summed E-state index contributed by atoms with van der Waals surface area (Å²) in [5, 5.41) is 6.52. The zero-order chi connectivity index (χ0) is 22.3. The lowest BCUT2D eigenvalue weighted by molar-refractivity contribution is -0.125. The summed E-state index contributed by atoms with van der Waals surface area (Å²) in [4.78, 5) is 34.5. The van der Waals surface area contributed by atoms with E-state index < -0.39 is 0 Å². The molecule has 3 aromatic rings. The molecule has 3 aromatic carbocycles. The molecule has 0 aromatic heterocycles. The van der Waals surface area contributed by atoms with Gasteiger partial charge in [0.2, 0.25) is 11.8 Å². The summed E-state index contributed by atoms with van der Waals surface area (Å²) >= 11 is 0. The number of fused-ring (bicyclic) bond motifs is 9. The van der Waals surface area contributed by atoms with Crippen molar-refractivity contribution >= 4 is 34.0 Å². The number of oxime groups is 1. The summed E-state index contributed by atoms with van der Waals surface area (Å²) < 4.78 is 5.27. The number of nitrogens with zero attached hydrogens (tertiary/aromatic N) is 2. The molecule has 2 saturated carbocycles. The third kappa shape index (κ3) is 2.46. The lowest BCUT2D eigenvalue weighted by Gasteiger charge is -2.29. The highest BCUT2D eigenvalue weighted by atomic mass is 16.6. The largest absolute Gasteiger partial charge is 0.497 e. The van der Waals surface area contributed by atoms with Crippen LogP contribution in [0.25, 0.3) is 10.8 Å². The summed E-state index contributed by atoms with van der Waals surface area (Å²) in [5.74, 6) is 0.117. The van der Waals surface area contributed by atoms with Crippen LogP contribution in [0.2, 0.25) is 0 Å². The number of ether oxygens (including phenoxy) is 1. The number of imide groups is 1. The zero-order valence-corrected chi connectivity index (χ0v) is 18.0. The van der Waals surface area contributed by atoms with Crippen molar-refractivity contribution in [2.45, 2.75) is 12.5 Å². The van der Waals surface area contributed by atoms with Crippen LogP contribution in [-0.4, -0.2) is 30.7 Å². The second-order valence-electron chi connectivity index (χ2n) is 9.46. The fraction of sp³-hybridized carbons (Fsp3) is 0.296. The van der Waals surface area contributed by atoms with Crippen LogP contribution in [-0.2, 0) is 14.4 Å². The van der Waals surface area contributed by atoms with Crippen LogP contribution in [0.3, 0.4) is 0 Å². The molecular weight excluding hydrogens is 416 g/mol. The third-order valence-corrected chi connectivity index (χ3v) is 8.07. The maximum Gasteiger partial charge on any atom is 0.238 e. The van der Waals surface area contributed by atoms with Gasteiger partial charge in [0.05, 0.1) is 30.3 Å². The molecule has 2 bridgehead atoms. The van der Waals surface area contributed by atoms with Crippen LogP contribution in [0, 0.1) is 29.6 Å². The third-order valence-electron chi connectivity index (χ3n) is 8.07. The molecule has 1 saturated heterocycles. The molecule has 0 spiro atoms. The summed E-state index contributed by atoms with van der Waals surface area (Å²) in [6, 6.07) is 21.6. The molecule has 2 amide bonds. The normalized spacial score (nSPS) is 31.5. The first-order valence-corrected chi connectivity index (χ1v) is 11.4. The molecule has 2 aliphatic carbocycles. The molecule has 0 N–H and O–H groups in total. The standard InChI is InChI=1S/C27H22N2O4/c1-32-18-10-7-15(8-11-18)24-23-19-13-20(25(23)33-28-24)22-21(19)26(30)29(27(22)31)17-9-6-14-4-2-3-5-16(14)12-17/h2-12,19-23,25H,13H2,1H3. The molecule has 6 atom stereocenters. The SMILES string of the molecule is COc1ccc(C2=NOC3C4CC(C23)C2C(=O)N(c3ccc5ccccc5c3)C(=O)C42)cc1. The number of benzene rings is 3. The van der Waals surface area contributed by atoms with Crippen molar-refractivity contribution in [3.05, 3.63) is 72.3 Å². The fourth-order valence-corrected chi connectivity index (χ4v) is 6.70. The quantitative estimate of drug-likeness (QED) is 0.579. The highest BCUT2D eigenvalue weighted by Gasteiger charge is 2.70. The monoisotopic (exact) mass is 438 g/mol. The van der Waals surface area contributed by atoms with E-state index in [-0.39, 0.29) is 47.5 Å². The van der Waals surface area contributed by atoms with Gasteiger partial charge in [-0.25, -0.2) is 0 Å². The number of hydrogen-bond acceptors (Lipinski definition) is 5. The second kappa shape index (κ2) is 6.67. The van der Waals surface area contributed by atoms with Crippen LogP contribution in [0.1, 0.15) is 12.0 Å². The Balaban J connectivity index is 1.23. The van der Waals surface area contributed by atoms with E-state index in [9.17, 15) is 9.59 Å². The first-order chi connectivity index (χ1) is 16.2. The average molecular weight is 438 g/mol. The first-order valence-electron chi connectivity index (χ1n) is 11.4. The molecule has 0 radical (unpaired) electrons. The Bertz CT molecular complexity index is 1350. The summed E-state index contributed by atoms with van der Waals surface area (Å²) in [6.45, 7) is 0. The van der Waals surface area contributed by atoms with Gasteiger partial charge in [0, 0.05) is 17.4 Å². The van der Waals surface area contributed by atoms with Crippen LogP contribution in [0.5, 0.6) is 5.75 Å². The van der Waals surface area contributed by atoms with E-state index in [2.05, 4.69) is 5.16 Å². The van der Waals surface area contributed by atoms with Gasteiger partial charge >= 0.3 is 0 Å². The Morgan fingerprint density at radius 2 is 1.61 bits per heavy atom. The van der Waals surface area contributed by atoms with Crippen molar-refractivity contribution in [2.75, 3.05) is 12.0 Å². The van der Waals surface area contributed by atoms with Crippen molar-refractivity contribution in [1.29, 1.82) is 0 Å². The molecule has 6 unspecified atom stereocenters. The van der Waals surface area contributed by atoms with Crippen LogP contribution in [0.15, 0.2) is 71.9 Å². The summed E-state index contributed by atoms with van der Waals surface area (Å²) in [5.41, 5.74) is 2.53. The molecule has 6 heteroatoms. The Kier molecular flexibility index (Phi) is 3.81. The van der Waals surface area contributed by atoms with E-state index in [1.165, 1.54) is 4.90 Å². The molecule has 3 fully saturated rings. The Morgan fingerprint density at radius 3 is 2.36 bits per heavy atom. The predicted octanol–water partition coefficient (Wildman–Crippen LogP) is 4.02. The van der Waals surface area contributed by atoms with Gasteiger partial charge in [-0.05, 0) is 59.5 Å². The minimum atomic E-state index is -0.319. The van der Waals surface area contributed by atoms with Gasteiger partial charge in [0.1, 0.15) is 11.9 Å². The Morgan fingerprint density at radius 1 is 0.879 bits per heavy atom. The molecule has 33 heavy (non-hydrogen) atoms. The van der Waals surface area contributed by atoms with E-state index in [0.717, 1.165) is 34.2 Å². The molecular formula is C27H22N2O4. The zero-order valence-electron chi connectivity index (χ0n) is 18.0. The van der Waals surface area contributed by atoms with Crippen molar-refractivity contribution in [3.8, 4) is 5.75 Å². The molecule has 2 aliphatic heterocycles. The van der Waals surface area contributed by atoms with E-state index >= 15 is 0 Å². The van der Waals surface area contributed by atoms with E-state index in [1.54, 1.807) is 7.11 Å². The second-order valence-corrected chi connectivity index (χ2v) is 9.46. The predicted molar refractivity (Wildman–Crippen MR) is 123 cm³/mol. The number of anilines is 1. The first kappa shape index (κ1) is 18.9. The van der Waals surface area contributed by atoms with Gasteiger partial charge in [0.15, 0.2) is 0 Å². The van der Waals surface area contributed by atoms with Crippen molar-refractivity contribution in [3.63, 3.8) is 0 Å². The van der Waals surface area contributed by atoms with E-state index in [1.807, 2.05) is 66.7 Å². The minimum absolute atomic E-state index is 0.0198. The van der Waals surface area contributed by atoms with Crippen molar-refractivity contribution in [1.82, 2.24) is 0 Å². The molecule has 7 rings (SSSR count). The fourth-order valence-electron chi connectivity index (χ4n) is 6.70. The van der Waals surface area contributed by atoms with Crippen molar-refractivity contribution in [2.24, 2.45) is 34.7 Å². The highest BCUT2D eigenvalue weighted by molar-refractivity contribution is 6.23. The summed E-state index contributed by atoms with van der Waals surface area (Å²) in [7, 11) is 1.64. The van der Waals surface area contributed by atoms with Gasteiger partial charge in [0.25, 0.3) is 0 Å². The number of carbonyl (C=O) groups is 2. The van der Waals surface area contributed by atoms with Crippen LogP contribution in [0.4, 0.5) is 5.69 Å². The van der Waals surface area contributed by atoms with Crippen molar-refractivity contribution < 1.29 is 19.2 Å². The molecule has 164 valence electrons. The van der Waals surface area contributed by atoms with Gasteiger partial charge in [-0.1, -0.05) is 35.5 Å². The highest BCUT2D eigenvalue weighted by Crippen LogP contribution is 2.62. The number of hydrogen-bond donors (Lipinski definition) is 0. The molecule has 2 heterocycles.